The minimum Gasteiger partial charge on any atom is -0.371 e. The van der Waals surface area contributed by atoms with Crippen molar-refractivity contribution in [2.75, 3.05) is 23.3 Å². The normalized spacial score (nSPS) is 19.5. The Labute approximate surface area is 176 Å². The van der Waals surface area contributed by atoms with Crippen LogP contribution in [0, 0.1) is 5.92 Å². The van der Waals surface area contributed by atoms with Gasteiger partial charge in [-0.25, -0.2) is 0 Å². The first-order valence-corrected chi connectivity index (χ1v) is 9.93. The Bertz CT molecular complexity index is 1040. The molecule has 1 unspecified atom stereocenters. The lowest BCUT2D eigenvalue weighted by molar-refractivity contribution is -0.137. The zero-order valence-corrected chi connectivity index (χ0v) is 16.5. The maximum atomic E-state index is 13.8. The van der Waals surface area contributed by atoms with E-state index in [1.807, 2.05) is 0 Å². The van der Waals surface area contributed by atoms with E-state index < -0.39 is 23.6 Å². The first-order chi connectivity index (χ1) is 14.7. The van der Waals surface area contributed by atoms with Crippen molar-refractivity contribution in [1.29, 1.82) is 0 Å². The molecule has 2 heterocycles. The van der Waals surface area contributed by atoms with Gasteiger partial charge in [-0.1, -0.05) is 18.2 Å². The number of halogens is 3. The molecule has 2 aliphatic heterocycles. The predicted molar refractivity (Wildman–Crippen MR) is 112 cm³/mol. The number of nitrogens with two attached hydrogens (primary N) is 1. The number of anilines is 2. The van der Waals surface area contributed by atoms with Crippen LogP contribution >= 0.6 is 0 Å². The zero-order chi connectivity index (χ0) is 22.2. The molecule has 162 valence electrons. The van der Waals surface area contributed by atoms with Crippen molar-refractivity contribution in [3.8, 4) is 0 Å². The topological polar surface area (TPSA) is 87.8 Å². The van der Waals surface area contributed by atoms with Crippen LogP contribution in [0.15, 0.2) is 47.5 Å². The minimum absolute atomic E-state index is 0.0540. The highest BCUT2D eigenvalue weighted by Crippen LogP contribution is 2.40. The lowest BCUT2D eigenvalue weighted by atomic mass is 9.95. The number of nitrogens with zero attached hydrogens (tertiary/aromatic N) is 2. The molecule has 2 aliphatic rings. The largest absolute Gasteiger partial charge is 0.418 e. The Morgan fingerprint density at radius 3 is 2.55 bits per heavy atom. The molecular formula is C22H21F3N4O2. The molecule has 0 bridgehead atoms. The summed E-state index contributed by atoms with van der Waals surface area (Å²) in [5, 5.41) is 2.73. The predicted octanol–water partition coefficient (Wildman–Crippen LogP) is 3.85. The number of carbonyl (C=O) groups is 2. The van der Waals surface area contributed by atoms with Gasteiger partial charge in [0.2, 0.25) is 11.8 Å². The molecule has 0 aromatic heterocycles. The number of fused-ring (bicyclic) bond motifs is 1. The van der Waals surface area contributed by atoms with Crippen LogP contribution in [-0.4, -0.2) is 31.1 Å². The fourth-order valence-corrected chi connectivity index (χ4v) is 4.05. The Morgan fingerprint density at radius 1 is 1.16 bits per heavy atom. The van der Waals surface area contributed by atoms with Crippen molar-refractivity contribution in [2.24, 2.45) is 16.6 Å². The smallest absolute Gasteiger partial charge is 0.371 e. The van der Waals surface area contributed by atoms with Crippen LogP contribution in [0.3, 0.4) is 0 Å². The number of para-hydroxylation sites is 1. The van der Waals surface area contributed by atoms with Gasteiger partial charge >= 0.3 is 6.18 Å². The van der Waals surface area contributed by atoms with Gasteiger partial charge in [0.25, 0.3) is 0 Å². The third kappa shape index (κ3) is 4.26. The van der Waals surface area contributed by atoms with Crippen LogP contribution < -0.4 is 16.0 Å². The van der Waals surface area contributed by atoms with E-state index in [-0.39, 0.29) is 23.2 Å². The quantitative estimate of drug-likeness (QED) is 0.723. The van der Waals surface area contributed by atoms with E-state index in [9.17, 15) is 22.8 Å². The summed E-state index contributed by atoms with van der Waals surface area (Å²) in [6, 6.07) is 11.0. The number of hydrogen-bond donors (Lipinski definition) is 2. The molecule has 0 saturated carbocycles. The first-order valence-electron chi connectivity index (χ1n) is 9.93. The lowest BCUT2D eigenvalue weighted by Crippen LogP contribution is -2.39. The number of benzene rings is 2. The zero-order valence-electron chi connectivity index (χ0n) is 16.5. The number of rotatable bonds is 4. The van der Waals surface area contributed by atoms with Crippen molar-refractivity contribution in [3.63, 3.8) is 0 Å². The van der Waals surface area contributed by atoms with Crippen LogP contribution in [-0.2, 0) is 15.8 Å². The molecule has 0 aliphatic carbocycles. The number of aliphatic imine (C=N–C) groups is 1. The average molecular weight is 430 g/mol. The molecule has 1 fully saturated rings. The van der Waals surface area contributed by atoms with Crippen molar-refractivity contribution >= 4 is 35.1 Å². The Balaban J connectivity index is 1.59. The van der Waals surface area contributed by atoms with Crippen LogP contribution in [0.25, 0.3) is 0 Å². The molecule has 4 rings (SSSR count). The van der Waals surface area contributed by atoms with Gasteiger partial charge in [-0.15, -0.1) is 0 Å². The summed E-state index contributed by atoms with van der Waals surface area (Å²) < 4.78 is 41.3. The number of amides is 2. The Kier molecular flexibility index (Phi) is 5.43. The summed E-state index contributed by atoms with van der Waals surface area (Å²) in [7, 11) is 0. The number of hydrogen-bond acceptors (Lipinski definition) is 4. The summed E-state index contributed by atoms with van der Waals surface area (Å²) in [6.45, 7) is 0.636. The Hall–Kier alpha value is -3.36. The molecular weight excluding hydrogens is 409 g/mol. The van der Waals surface area contributed by atoms with Gasteiger partial charge in [-0.05, 0) is 42.7 Å². The van der Waals surface area contributed by atoms with Gasteiger partial charge in [0.15, 0.2) is 0 Å². The second-order valence-electron chi connectivity index (χ2n) is 7.70. The van der Waals surface area contributed by atoms with Crippen molar-refractivity contribution < 1.29 is 22.8 Å². The monoisotopic (exact) mass is 430 g/mol. The second-order valence-corrected chi connectivity index (χ2v) is 7.70. The highest BCUT2D eigenvalue weighted by Gasteiger charge is 2.36. The highest BCUT2D eigenvalue weighted by atomic mass is 19.4. The molecule has 2 aromatic carbocycles. The van der Waals surface area contributed by atoms with Gasteiger partial charge in [0.1, 0.15) is 5.92 Å². The summed E-state index contributed by atoms with van der Waals surface area (Å²) in [5.41, 5.74) is 6.10. The molecule has 1 saturated heterocycles. The van der Waals surface area contributed by atoms with Crippen molar-refractivity contribution in [1.82, 2.24) is 0 Å². The molecule has 9 heteroatoms. The van der Waals surface area contributed by atoms with Crippen LogP contribution in [0.2, 0.25) is 0 Å². The van der Waals surface area contributed by atoms with Gasteiger partial charge in [0.05, 0.1) is 11.3 Å². The van der Waals surface area contributed by atoms with Gasteiger partial charge < -0.3 is 16.0 Å². The number of carbonyl (C=O) groups excluding carboxylic acids is 2. The SMILES string of the molecule is NC(=O)C1CCN(c2ccc(N=CC3C(=O)Nc4ccccc43)cc2C(F)(F)F)CC1. The maximum Gasteiger partial charge on any atom is 0.418 e. The Morgan fingerprint density at radius 2 is 1.87 bits per heavy atom. The fraction of sp³-hybridized carbons (Fsp3) is 0.318. The molecule has 1 atom stereocenters. The molecule has 2 aromatic rings. The second kappa shape index (κ2) is 8.05. The summed E-state index contributed by atoms with van der Waals surface area (Å²) >= 11 is 0. The maximum absolute atomic E-state index is 13.8. The van der Waals surface area contributed by atoms with E-state index in [1.54, 1.807) is 29.2 Å². The molecule has 0 spiro atoms. The van der Waals surface area contributed by atoms with E-state index >= 15 is 0 Å². The van der Waals surface area contributed by atoms with Crippen LogP contribution in [0.4, 0.5) is 30.2 Å². The van der Waals surface area contributed by atoms with Crippen LogP contribution in [0.5, 0.6) is 0 Å². The average Bonchev–Trinajstić information content (AvgIpc) is 3.06. The molecule has 2 amide bonds. The van der Waals surface area contributed by atoms with Crippen molar-refractivity contribution in [2.45, 2.75) is 24.9 Å². The van der Waals surface area contributed by atoms with Crippen molar-refractivity contribution in [3.05, 3.63) is 53.6 Å². The van der Waals surface area contributed by atoms with E-state index in [2.05, 4.69) is 10.3 Å². The highest BCUT2D eigenvalue weighted by molar-refractivity contribution is 6.12. The number of alkyl halides is 3. The van der Waals surface area contributed by atoms with E-state index in [4.69, 9.17) is 5.73 Å². The van der Waals surface area contributed by atoms with Gasteiger partial charge in [-0.3, -0.25) is 14.6 Å². The number of nitrogens with one attached hydrogen (secondary N) is 1. The van der Waals surface area contributed by atoms with Gasteiger partial charge in [-0.2, -0.15) is 13.2 Å². The fourth-order valence-electron chi connectivity index (χ4n) is 4.05. The summed E-state index contributed by atoms with van der Waals surface area (Å²) in [6.07, 6.45) is -2.36. The van der Waals surface area contributed by atoms with Crippen LogP contribution in [0.1, 0.15) is 29.9 Å². The number of primary amides is 1. The van der Waals surface area contributed by atoms with E-state index in [0.29, 0.717) is 31.6 Å². The standard InChI is InChI=1S/C22H21F3N4O2/c23-22(24,25)17-11-14(5-6-19(17)29-9-7-13(8-10-29)20(26)30)27-12-16-15-3-1-2-4-18(15)28-21(16)31/h1-6,11-13,16H,7-10H2,(H2,26,30)(H,28,31). The van der Waals surface area contributed by atoms with Gasteiger partial charge in [0, 0.05) is 36.6 Å². The third-order valence-electron chi connectivity index (χ3n) is 5.73. The van der Waals surface area contributed by atoms with E-state index in [1.165, 1.54) is 18.3 Å². The molecule has 3 N–H and O–H groups in total. The third-order valence-corrected chi connectivity index (χ3v) is 5.73. The number of piperidine rings is 1. The molecule has 6 nitrogen and oxygen atoms in total. The minimum atomic E-state index is -4.57. The first kappa shape index (κ1) is 20.9. The lowest BCUT2D eigenvalue weighted by Gasteiger charge is -2.34. The summed E-state index contributed by atoms with van der Waals surface area (Å²) in [4.78, 5) is 29.3. The van der Waals surface area contributed by atoms with E-state index in [0.717, 1.165) is 11.6 Å². The molecule has 31 heavy (non-hydrogen) atoms. The molecule has 0 radical (unpaired) electrons. The summed E-state index contributed by atoms with van der Waals surface area (Å²) in [5.74, 6) is -1.65.